The van der Waals surface area contributed by atoms with Crippen LogP contribution in [0.25, 0.3) is 11.0 Å². The predicted molar refractivity (Wildman–Crippen MR) is 159 cm³/mol. The maximum Gasteiger partial charge on any atom is 0.335 e. The predicted octanol–water partition coefficient (Wildman–Crippen LogP) is 5.60. The monoisotopic (exact) mass is 604 g/mol. The van der Waals surface area contributed by atoms with Gasteiger partial charge in [-0.1, -0.05) is 23.7 Å². The zero-order valence-corrected chi connectivity index (χ0v) is 24.8. The van der Waals surface area contributed by atoms with Crippen molar-refractivity contribution in [3.63, 3.8) is 0 Å². The Labute approximate surface area is 254 Å². The number of aromatic nitrogens is 3. The highest BCUT2D eigenvalue weighted by Gasteiger charge is 2.42. The van der Waals surface area contributed by atoms with Crippen LogP contribution in [0.4, 0.5) is 0 Å². The Balaban J connectivity index is 1.10. The standard InChI is InChI=1S/C32H33ClN4O6/c1-32(27-7-6-21(33)16-34-27)42-25-5-3-4-23(30(25)43-32)19-8-11-36(12-9-19)18-28-35-29-24(37(28)17-22-10-13-41-22)14-20(31(38)39)15-26(29)40-2/h3-7,14-16,19,22H,8-13,17-18H2,1-2H3,(H,38,39). The second-order valence-corrected chi connectivity index (χ2v) is 11.9. The summed E-state index contributed by atoms with van der Waals surface area (Å²) in [7, 11) is 1.54. The van der Waals surface area contributed by atoms with Crippen LogP contribution in [0.5, 0.6) is 17.2 Å². The summed E-state index contributed by atoms with van der Waals surface area (Å²) >= 11 is 6.05. The number of nitrogens with zero attached hydrogens (tertiary/aromatic N) is 4. The summed E-state index contributed by atoms with van der Waals surface area (Å²) in [4.78, 5) is 23.6. The number of pyridine rings is 1. The average molecular weight is 605 g/mol. The van der Waals surface area contributed by atoms with E-state index in [-0.39, 0.29) is 11.7 Å². The van der Waals surface area contributed by atoms with Crippen molar-refractivity contribution < 1.29 is 28.8 Å². The van der Waals surface area contributed by atoms with Gasteiger partial charge in [0.25, 0.3) is 5.79 Å². The number of likely N-dealkylation sites (tertiary alicyclic amines) is 1. The number of ether oxygens (including phenoxy) is 4. The van der Waals surface area contributed by atoms with Gasteiger partial charge in [-0.05, 0) is 68.6 Å². The molecule has 0 saturated carbocycles. The van der Waals surface area contributed by atoms with Crippen molar-refractivity contribution in [3.05, 3.63) is 76.3 Å². The van der Waals surface area contributed by atoms with E-state index in [2.05, 4.69) is 20.5 Å². The largest absolute Gasteiger partial charge is 0.494 e. The molecule has 0 radical (unpaired) electrons. The molecule has 3 aliphatic rings. The highest BCUT2D eigenvalue weighted by Crippen LogP contribution is 2.49. The van der Waals surface area contributed by atoms with Crippen LogP contribution in [0.15, 0.2) is 48.7 Å². The number of piperidine rings is 1. The maximum absolute atomic E-state index is 11.8. The summed E-state index contributed by atoms with van der Waals surface area (Å²) in [5.74, 6) is 1.15. The first-order valence-corrected chi connectivity index (χ1v) is 15.0. The van der Waals surface area contributed by atoms with Crippen molar-refractivity contribution in [3.8, 4) is 17.2 Å². The van der Waals surface area contributed by atoms with Gasteiger partial charge in [0.1, 0.15) is 22.8 Å². The van der Waals surface area contributed by atoms with Crippen molar-refractivity contribution in [2.45, 2.75) is 57.1 Å². The normalized spacial score (nSPS) is 22.1. The molecule has 7 rings (SSSR count). The lowest BCUT2D eigenvalue weighted by molar-refractivity contribution is -0.0722. The number of fused-ring (bicyclic) bond motifs is 2. The Morgan fingerprint density at radius 3 is 2.65 bits per heavy atom. The van der Waals surface area contributed by atoms with Gasteiger partial charge in [-0.15, -0.1) is 0 Å². The highest BCUT2D eigenvalue weighted by atomic mass is 35.5. The molecule has 2 atom stereocenters. The van der Waals surface area contributed by atoms with E-state index in [1.54, 1.807) is 25.4 Å². The minimum atomic E-state index is -1.02. The fraction of sp³-hybridized carbons (Fsp3) is 0.406. The number of carboxylic acid groups (broad SMARTS) is 1. The van der Waals surface area contributed by atoms with Crippen LogP contribution in [0.1, 0.15) is 59.5 Å². The molecule has 10 nitrogen and oxygen atoms in total. The summed E-state index contributed by atoms with van der Waals surface area (Å²) in [6, 6.07) is 12.9. The fourth-order valence-corrected chi connectivity index (χ4v) is 6.41. The van der Waals surface area contributed by atoms with Crippen molar-refractivity contribution >= 4 is 28.6 Å². The second kappa shape index (κ2) is 11.0. The molecular formula is C32H33ClN4O6. The summed E-state index contributed by atoms with van der Waals surface area (Å²) in [5.41, 5.74) is 3.42. The molecule has 4 aromatic rings. The Bertz CT molecular complexity index is 1680. The smallest absolute Gasteiger partial charge is 0.335 e. The molecule has 2 aromatic carbocycles. The molecular weight excluding hydrogens is 572 g/mol. The number of benzene rings is 2. The van der Waals surface area contributed by atoms with E-state index in [0.717, 1.165) is 67.4 Å². The third-order valence-electron chi connectivity index (χ3n) is 8.74. The molecule has 2 aromatic heterocycles. The van der Waals surface area contributed by atoms with Crippen LogP contribution in [0, 0.1) is 0 Å². The lowest BCUT2D eigenvalue weighted by atomic mass is 9.88. The summed E-state index contributed by atoms with van der Waals surface area (Å²) < 4.78 is 26.1. The molecule has 0 spiro atoms. The van der Waals surface area contributed by atoms with E-state index in [0.29, 0.717) is 41.0 Å². The fourth-order valence-electron chi connectivity index (χ4n) is 6.30. The van der Waals surface area contributed by atoms with Crippen molar-refractivity contribution in [2.75, 3.05) is 26.8 Å². The first-order chi connectivity index (χ1) is 20.8. The van der Waals surface area contributed by atoms with Gasteiger partial charge >= 0.3 is 5.97 Å². The number of methoxy groups -OCH3 is 1. The lowest BCUT2D eigenvalue weighted by Gasteiger charge is -2.33. The molecule has 2 unspecified atom stereocenters. The summed E-state index contributed by atoms with van der Waals surface area (Å²) in [6.07, 6.45) is 4.57. The molecule has 224 valence electrons. The average Bonchev–Trinajstić information content (AvgIpc) is 3.52. The number of rotatable bonds is 8. The van der Waals surface area contributed by atoms with Crippen LogP contribution in [0.2, 0.25) is 5.02 Å². The van der Waals surface area contributed by atoms with Crippen LogP contribution >= 0.6 is 11.6 Å². The topological polar surface area (TPSA) is 108 Å². The van der Waals surface area contributed by atoms with Gasteiger partial charge in [-0.3, -0.25) is 9.88 Å². The number of halogens is 1. The summed E-state index contributed by atoms with van der Waals surface area (Å²) in [5, 5.41) is 10.3. The number of imidazole rings is 1. The number of para-hydroxylation sites is 1. The minimum absolute atomic E-state index is 0.0949. The molecule has 0 amide bonds. The maximum atomic E-state index is 11.8. The van der Waals surface area contributed by atoms with Crippen molar-refractivity contribution in [1.82, 2.24) is 19.4 Å². The van der Waals surface area contributed by atoms with Gasteiger partial charge < -0.3 is 28.6 Å². The van der Waals surface area contributed by atoms with Crippen molar-refractivity contribution in [1.29, 1.82) is 0 Å². The quantitative estimate of drug-likeness (QED) is 0.275. The molecule has 3 aliphatic heterocycles. The van der Waals surface area contributed by atoms with Crippen LogP contribution in [-0.4, -0.2) is 63.4 Å². The Morgan fingerprint density at radius 2 is 1.98 bits per heavy atom. The lowest BCUT2D eigenvalue weighted by Crippen LogP contribution is -2.35. The number of hydrogen-bond donors (Lipinski definition) is 1. The van der Waals surface area contributed by atoms with Gasteiger partial charge in [-0.25, -0.2) is 9.78 Å². The SMILES string of the molecule is COc1cc(C(=O)O)cc2c1nc(CN1CCC(c3cccc4c3OC(C)(c3ccc(Cl)cn3)O4)CC1)n2CC1CCO1. The Morgan fingerprint density at radius 1 is 1.16 bits per heavy atom. The highest BCUT2D eigenvalue weighted by molar-refractivity contribution is 6.30. The first-order valence-electron chi connectivity index (χ1n) is 14.6. The van der Waals surface area contributed by atoms with Crippen molar-refractivity contribution in [2.24, 2.45) is 0 Å². The summed E-state index contributed by atoms with van der Waals surface area (Å²) in [6.45, 7) is 5.66. The Kier molecular flexibility index (Phi) is 7.15. The van der Waals surface area contributed by atoms with E-state index in [9.17, 15) is 9.90 Å². The van der Waals surface area contributed by atoms with Gasteiger partial charge in [0.15, 0.2) is 11.5 Å². The first kappa shape index (κ1) is 27.9. The third-order valence-corrected chi connectivity index (χ3v) is 8.96. The van der Waals surface area contributed by atoms with E-state index in [1.807, 2.05) is 25.1 Å². The molecule has 5 heterocycles. The van der Waals surface area contributed by atoms with Gasteiger partial charge in [0.05, 0.1) is 42.4 Å². The zero-order valence-electron chi connectivity index (χ0n) is 24.1. The molecule has 43 heavy (non-hydrogen) atoms. The molecule has 2 fully saturated rings. The van der Waals surface area contributed by atoms with E-state index in [4.69, 9.17) is 35.5 Å². The number of carbonyl (C=O) groups is 1. The van der Waals surface area contributed by atoms with Crippen LogP contribution < -0.4 is 14.2 Å². The molecule has 0 bridgehead atoms. The van der Waals surface area contributed by atoms with E-state index >= 15 is 0 Å². The van der Waals surface area contributed by atoms with Gasteiger partial charge in [0.2, 0.25) is 0 Å². The minimum Gasteiger partial charge on any atom is -0.494 e. The molecule has 2 saturated heterocycles. The number of aromatic carboxylic acids is 1. The zero-order chi connectivity index (χ0) is 29.7. The number of hydrogen-bond acceptors (Lipinski definition) is 8. The number of carboxylic acids is 1. The molecule has 1 N–H and O–H groups in total. The van der Waals surface area contributed by atoms with E-state index in [1.165, 1.54) is 6.07 Å². The van der Waals surface area contributed by atoms with Crippen LogP contribution in [-0.2, 0) is 23.6 Å². The van der Waals surface area contributed by atoms with Gasteiger partial charge in [0, 0.05) is 25.3 Å². The van der Waals surface area contributed by atoms with Crippen LogP contribution in [0.3, 0.4) is 0 Å². The Hall–Kier alpha value is -3.86. The third kappa shape index (κ3) is 5.17. The van der Waals surface area contributed by atoms with Gasteiger partial charge in [-0.2, -0.15) is 0 Å². The second-order valence-electron chi connectivity index (χ2n) is 11.5. The molecule has 0 aliphatic carbocycles. The molecule has 11 heteroatoms. The van der Waals surface area contributed by atoms with E-state index < -0.39 is 11.8 Å².